The average Bonchev–Trinajstić information content (AvgIpc) is 3.18. The zero-order chi connectivity index (χ0) is 20.2. The first-order chi connectivity index (χ1) is 14.1. The molecule has 3 aliphatic rings. The third kappa shape index (κ3) is 5.17. The number of piperazine rings is 1. The van der Waals surface area contributed by atoms with E-state index in [0.29, 0.717) is 26.3 Å². The summed E-state index contributed by atoms with van der Waals surface area (Å²) in [6.07, 6.45) is 2.52. The fraction of sp³-hybridized carbons (Fsp3) is 0.714. The predicted molar refractivity (Wildman–Crippen MR) is 114 cm³/mol. The molecule has 0 spiro atoms. The molecule has 1 atom stereocenters. The quantitative estimate of drug-likeness (QED) is 0.759. The van der Waals surface area contributed by atoms with Crippen molar-refractivity contribution in [1.29, 1.82) is 0 Å². The largest absolute Gasteiger partial charge is 0.378 e. The van der Waals surface area contributed by atoms with Gasteiger partial charge in [0.25, 0.3) is 5.91 Å². The van der Waals surface area contributed by atoms with Crippen molar-refractivity contribution in [2.45, 2.75) is 19.3 Å². The van der Waals surface area contributed by atoms with Gasteiger partial charge in [-0.15, -0.1) is 11.3 Å². The third-order valence-corrected chi connectivity index (χ3v) is 7.51. The van der Waals surface area contributed by atoms with Crippen molar-refractivity contribution in [1.82, 2.24) is 20.0 Å². The number of ether oxygens (including phenoxy) is 1. The van der Waals surface area contributed by atoms with E-state index in [4.69, 9.17) is 4.74 Å². The number of fused-ring (bicyclic) bond motifs is 1. The molecule has 1 N–H and O–H groups in total. The fourth-order valence-corrected chi connectivity index (χ4v) is 5.50. The number of likely N-dealkylation sites (N-methyl/N-ethyl adjacent to an activating group) is 1. The van der Waals surface area contributed by atoms with Crippen LogP contribution >= 0.6 is 11.3 Å². The predicted octanol–water partition coefficient (Wildman–Crippen LogP) is 0.689. The summed E-state index contributed by atoms with van der Waals surface area (Å²) in [5, 5.41) is 3.14. The van der Waals surface area contributed by atoms with E-state index >= 15 is 0 Å². The van der Waals surface area contributed by atoms with Gasteiger partial charge in [0.15, 0.2) is 0 Å². The standard InChI is InChI=1S/C21H32N4O3S/c1-23-6-8-24(9-7-23)5-4-22-20(26)16-2-3-18-17(14-16)15-19(29-18)21(27)25-10-12-28-13-11-25/h15-16H,2-14H2,1H3,(H,22,26). The molecule has 0 saturated carbocycles. The molecule has 4 rings (SSSR count). The van der Waals surface area contributed by atoms with Gasteiger partial charge in [-0.1, -0.05) is 0 Å². The SMILES string of the molecule is CN1CCN(CCNC(=O)C2CCc3sc(C(=O)N4CCOCC4)cc3C2)CC1. The molecule has 29 heavy (non-hydrogen) atoms. The molecular weight excluding hydrogens is 388 g/mol. The van der Waals surface area contributed by atoms with Gasteiger partial charge in [-0.25, -0.2) is 0 Å². The molecule has 0 bridgehead atoms. The second-order valence-corrected chi connectivity index (χ2v) is 9.48. The Kier molecular flexibility index (Phi) is 6.85. The summed E-state index contributed by atoms with van der Waals surface area (Å²) in [4.78, 5) is 34.1. The summed E-state index contributed by atoms with van der Waals surface area (Å²) >= 11 is 1.61. The van der Waals surface area contributed by atoms with Crippen LogP contribution in [0.5, 0.6) is 0 Å². The van der Waals surface area contributed by atoms with Crippen LogP contribution in [-0.4, -0.2) is 99.1 Å². The van der Waals surface area contributed by atoms with E-state index in [1.165, 1.54) is 10.4 Å². The van der Waals surface area contributed by atoms with Crippen LogP contribution in [0.25, 0.3) is 0 Å². The maximum atomic E-state index is 12.7. The number of hydrogen-bond donors (Lipinski definition) is 1. The van der Waals surface area contributed by atoms with Crippen LogP contribution in [0.3, 0.4) is 0 Å². The molecule has 0 aromatic carbocycles. The summed E-state index contributed by atoms with van der Waals surface area (Å²) in [6.45, 7) is 8.57. The van der Waals surface area contributed by atoms with E-state index in [1.54, 1.807) is 11.3 Å². The van der Waals surface area contributed by atoms with E-state index in [0.717, 1.165) is 63.4 Å². The minimum atomic E-state index is 0.0240. The van der Waals surface area contributed by atoms with E-state index in [9.17, 15) is 9.59 Å². The number of carbonyl (C=O) groups excluding carboxylic acids is 2. The van der Waals surface area contributed by atoms with Crippen molar-refractivity contribution in [2.24, 2.45) is 5.92 Å². The molecule has 1 aromatic heterocycles. The maximum Gasteiger partial charge on any atom is 0.264 e. The normalized spacial score (nSPS) is 23.6. The first kappa shape index (κ1) is 20.8. The third-order valence-electron chi connectivity index (χ3n) is 6.29. The first-order valence-corrected chi connectivity index (χ1v) is 11.6. The zero-order valence-electron chi connectivity index (χ0n) is 17.3. The van der Waals surface area contributed by atoms with E-state index in [2.05, 4.69) is 22.2 Å². The molecule has 2 saturated heterocycles. The Hall–Kier alpha value is -1.48. The van der Waals surface area contributed by atoms with Gasteiger partial charge in [-0.05, 0) is 37.9 Å². The number of nitrogens with one attached hydrogen (secondary N) is 1. The van der Waals surface area contributed by atoms with Crippen LogP contribution in [0, 0.1) is 5.92 Å². The number of aryl methyl sites for hydroxylation is 1. The highest BCUT2D eigenvalue weighted by molar-refractivity contribution is 7.14. The molecule has 8 heteroatoms. The molecule has 2 aliphatic heterocycles. The molecule has 1 aromatic rings. The van der Waals surface area contributed by atoms with Gasteiger partial charge in [-0.3, -0.25) is 14.5 Å². The van der Waals surface area contributed by atoms with Crippen molar-refractivity contribution in [3.05, 3.63) is 21.4 Å². The number of rotatable bonds is 5. The Morgan fingerprint density at radius 1 is 1.17 bits per heavy atom. The lowest BCUT2D eigenvalue weighted by Crippen LogP contribution is -2.47. The maximum absolute atomic E-state index is 12.7. The average molecular weight is 421 g/mol. The Bertz CT molecular complexity index is 724. The molecule has 7 nitrogen and oxygen atoms in total. The van der Waals surface area contributed by atoms with Gasteiger partial charge in [0, 0.05) is 63.2 Å². The van der Waals surface area contributed by atoms with Crippen LogP contribution in [0.1, 0.15) is 26.5 Å². The molecule has 1 unspecified atom stereocenters. The number of hydrogen-bond acceptors (Lipinski definition) is 6. The Morgan fingerprint density at radius 2 is 1.93 bits per heavy atom. The Balaban J connectivity index is 1.26. The van der Waals surface area contributed by atoms with Gasteiger partial charge < -0.3 is 19.9 Å². The summed E-state index contributed by atoms with van der Waals surface area (Å²) in [5.74, 6) is 0.300. The van der Waals surface area contributed by atoms with Crippen LogP contribution in [0.4, 0.5) is 0 Å². The highest BCUT2D eigenvalue weighted by atomic mass is 32.1. The number of thiophene rings is 1. The summed E-state index contributed by atoms with van der Waals surface area (Å²) in [7, 11) is 2.15. The molecular formula is C21H32N4O3S. The topological polar surface area (TPSA) is 65.1 Å². The lowest BCUT2D eigenvalue weighted by Gasteiger charge is -2.32. The Labute approximate surface area is 177 Å². The molecule has 2 fully saturated rings. The summed E-state index contributed by atoms with van der Waals surface area (Å²) in [6, 6.07) is 2.03. The molecule has 3 heterocycles. The van der Waals surface area contributed by atoms with Gasteiger partial charge in [-0.2, -0.15) is 0 Å². The number of carbonyl (C=O) groups is 2. The van der Waals surface area contributed by atoms with Crippen molar-refractivity contribution in [3.63, 3.8) is 0 Å². The lowest BCUT2D eigenvalue weighted by atomic mass is 9.87. The van der Waals surface area contributed by atoms with Crippen molar-refractivity contribution >= 4 is 23.2 Å². The first-order valence-electron chi connectivity index (χ1n) is 10.8. The fourth-order valence-electron chi connectivity index (χ4n) is 4.33. The van der Waals surface area contributed by atoms with Crippen LogP contribution < -0.4 is 5.32 Å². The van der Waals surface area contributed by atoms with Gasteiger partial charge in [0.05, 0.1) is 18.1 Å². The van der Waals surface area contributed by atoms with Gasteiger partial charge in [0.2, 0.25) is 5.91 Å². The second-order valence-electron chi connectivity index (χ2n) is 8.34. The number of morpholine rings is 1. The van der Waals surface area contributed by atoms with Crippen LogP contribution in [-0.2, 0) is 22.4 Å². The molecule has 160 valence electrons. The monoisotopic (exact) mass is 420 g/mol. The van der Waals surface area contributed by atoms with Gasteiger partial charge >= 0.3 is 0 Å². The van der Waals surface area contributed by atoms with Crippen molar-refractivity contribution in [2.75, 3.05) is 72.6 Å². The Morgan fingerprint density at radius 3 is 2.69 bits per heavy atom. The van der Waals surface area contributed by atoms with Crippen molar-refractivity contribution in [3.8, 4) is 0 Å². The van der Waals surface area contributed by atoms with Crippen molar-refractivity contribution < 1.29 is 14.3 Å². The minimum Gasteiger partial charge on any atom is -0.378 e. The number of amides is 2. The lowest BCUT2D eigenvalue weighted by molar-refractivity contribution is -0.125. The van der Waals surface area contributed by atoms with E-state index in [1.807, 2.05) is 11.0 Å². The number of nitrogens with zero attached hydrogens (tertiary/aromatic N) is 3. The molecule has 2 amide bonds. The van der Waals surface area contributed by atoms with E-state index < -0.39 is 0 Å². The second kappa shape index (κ2) is 9.55. The summed E-state index contributed by atoms with van der Waals surface area (Å²) < 4.78 is 5.34. The highest BCUT2D eigenvalue weighted by Gasteiger charge is 2.29. The van der Waals surface area contributed by atoms with E-state index in [-0.39, 0.29) is 17.7 Å². The van der Waals surface area contributed by atoms with Crippen LogP contribution in [0.2, 0.25) is 0 Å². The van der Waals surface area contributed by atoms with Crippen LogP contribution in [0.15, 0.2) is 6.07 Å². The molecule has 0 radical (unpaired) electrons. The zero-order valence-corrected chi connectivity index (χ0v) is 18.1. The minimum absolute atomic E-state index is 0.0240. The highest BCUT2D eigenvalue weighted by Crippen LogP contribution is 2.33. The smallest absolute Gasteiger partial charge is 0.264 e. The van der Waals surface area contributed by atoms with Gasteiger partial charge in [0.1, 0.15) is 0 Å². The molecule has 1 aliphatic carbocycles. The summed E-state index contributed by atoms with van der Waals surface area (Å²) in [5.41, 5.74) is 1.19.